The molecule has 1 aliphatic heterocycles. The number of hydrogen-bond acceptors (Lipinski definition) is 4. The summed E-state index contributed by atoms with van der Waals surface area (Å²) in [6, 6.07) is 4.99. The Morgan fingerprint density at radius 1 is 1.29 bits per heavy atom. The molecule has 3 rings (SSSR count). The first-order valence-corrected chi connectivity index (χ1v) is 8.12. The predicted molar refractivity (Wildman–Crippen MR) is 80.7 cm³/mol. The second-order valence-electron chi connectivity index (χ2n) is 5.44. The topological polar surface area (TPSA) is 56.7 Å². The fraction of sp³-hybridized carbons (Fsp3) is 0.467. The van der Waals surface area contributed by atoms with E-state index in [0.29, 0.717) is 4.90 Å². The van der Waals surface area contributed by atoms with Crippen molar-refractivity contribution in [3.63, 3.8) is 0 Å². The van der Waals surface area contributed by atoms with Gasteiger partial charge in [-0.05, 0) is 49.2 Å². The number of aromatic nitrogens is 3. The quantitative estimate of drug-likeness (QED) is 0.945. The van der Waals surface area contributed by atoms with Gasteiger partial charge in [0.2, 0.25) is 0 Å². The van der Waals surface area contributed by atoms with Gasteiger partial charge in [0.1, 0.15) is 11.6 Å². The second kappa shape index (κ2) is 6.15. The maximum absolute atomic E-state index is 14.2. The molecule has 1 unspecified atom stereocenters. The van der Waals surface area contributed by atoms with Crippen LogP contribution in [0.3, 0.4) is 0 Å². The lowest BCUT2D eigenvalue weighted by atomic mass is 10.1. The Hall–Kier alpha value is -1.40. The minimum Gasteiger partial charge on any atom is -0.324 e. The summed E-state index contributed by atoms with van der Waals surface area (Å²) in [6.45, 7) is 2.77. The molecule has 2 aromatic rings. The highest BCUT2D eigenvalue weighted by Gasteiger charge is 2.17. The van der Waals surface area contributed by atoms with Crippen molar-refractivity contribution < 1.29 is 4.39 Å². The van der Waals surface area contributed by atoms with E-state index in [1.807, 2.05) is 13.0 Å². The van der Waals surface area contributed by atoms with Crippen LogP contribution >= 0.6 is 11.8 Å². The van der Waals surface area contributed by atoms with Crippen molar-refractivity contribution in [2.45, 2.75) is 55.2 Å². The average Bonchev–Trinajstić information content (AvgIpc) is 2.69. The Morgan fingerprint density at radius 2 is 2.14 bits per heavy atom. The summed E-state index contributed by atoms with van der Waals surface area (Å²) >= 11 is 1.34. The molecular weight excluding hydrogens is 287 g/mol. The molecule has 2 N–H and O–H groups in total. The van der Waals surface area contributed by atoms with Gasteiger partial charge in [-0.1, -0.05) is 12.5 Å². The van der Waals surface area contributed by atoms with Crippen molar-refractivity contribution in [3.05, 3.63) is 35.4 Å². The molecule has 2 heterocycles. The van der Waals surface area contributed by atoms with Gasteiger partial charge in [0.05, 0.1) is 4.90 Å². The van der Waals surface area contributed by atoms with Crippen LogP contribution in [-0.2, 0) is 13.0 Å². The number of aryl methyl sites for hydroxylation is 1. The Kier molecular flexibility index (Phi) is 4.26. The van der Waals surface area contributed by atoms with E-state index in [-0.39, 0.29) is 11.9 Å². The van der Waals surface area contributed by atoms with Crippen molar-refractivity contribution in [1.29, 1.82) is 0 Å². The van der Waals surface area contributed by atoms with Crippen molar-refractivity contribution in [2.24, 2.45) is 5.73 Å². The Balaban J connectivity index is 1.85. The lowest BCUT2D eigenvalue weighted by molar-refractivity contribution is 0.584. The number of halogens is 1. The average molecular weight is 306 g/mol. The van der Waals surface area contributed by atoms with Gasteiger partial charge in [-0.3, -0.25) is 0 Å². The summed E-state index contributed by atoms with van der Waals surface area (Å²) in [4.78, 5) is 0.568. The van der Waals surface area contributed by atoms with E-state index < -0.39 is 0 Å². The molecule has 0 spiro atoms. The smallest absolute Gasteiger partial charge is 0.196 e. The Labute approximate surface area is 127 Å². The summed E-state index contributed by atoms with van der Waals surface area (Å²) < 4.78 is 16.3. The molecule has 0 aliphatic carbocycles. The van der Waals surface area contributed by atoms with Gasteiger partial charge in [-0.15, -0.1) is 10.2 Å². The zero-order valence-electron chi connectivity index (χ0n) is 12.1. The summed E-state index contributed by atoms with van der Waals surface area (Å²) in [6.07, 6.45) is 4.45. The van der Waals surface area contributed by atoms with Crippen molar-refractivity contribution in [1.82, 2.24) is 14.8 Å². The van der Waals surface area contributed by atoms with Gasteiger partial charge >= 0.3 is 0 Å². The summed E-state index contributed by atoms with van der Waals surface area (Å²) in [5.74, 6) is 0.767. The number of hydrogen-bond donors (Lipinski definition) is 1. The molecule has 112 valence electrons. The number of rotatable bonds is 3. The standard InChI is InChI=1S/C15H19FN4S/c1-10(17)11-6-7-13(12(16)9-11)21-15-19-18-14-5-3-2-4-8-20(14)15/h6-7,9-10H,2-5,8,17H2,1H3. The van der Waals surface area contributed by atoms with E-state index in [9.17, 15) is 4.39 Å². The molecule has 0 saturated carbocycles. The molecule has 1 atom stereocenters. The van der Waals surface area contributed by atoms with Crippen LogP contribution < -0.4 is 5.73 Å². The van der Waals surface area contributed by atoms with Crippen LogP contribution in [0.25, 0.3) is 0 Å². The highest BCUT2D eigenvalue weighted by molar-refractivity contribution is 7.99. The number of nitrogens with zero attached hydrogens (tertiary/aromatic N) is 3. The lowest BCUT2D eigenvalue weighted by Crippen LogP contribution is -2.05. The van der Waals surface area contributed by atoms with Gasteiger partial charge in [0.15, 0.2) is 5.16 Å². The summed E-state index contributed by atoms with van der Waals surface area (Å²) in [7, 11) is 0. The van der Waals surface area contributed by atoms with Crippen LogP contribution in [0.4, 0.5) is 4.39 Å². The first-order chi connectivity index (χ1) is 10.1. The molecule has 1 aliphatic rings. The maximum atomic E-state index is 14.2. The minimum atomic E-state index is -0.249. The first-order valence-electron chi connectivity index (χ1n) is 7.30. The summed E-state index contributed by atoms with van der Waals surface area (Å²) in [5, 5.41) is 9.23. The van der Waals surface area contributed by atoms with Crippen LogP contribution in [0.1, 0.15) is 43.6 Å². The zero-order valence-corrected chi connectivity index (χ0v) is 12.9. The summed E-state index contributed by atoms with van der Waals surface area (Å²) in [5.41, 5.74) is 6.58. The predicted octanol–water partition coefficient (Wildman–Crippen LogP) is 3.31. The van der Waals surface area contributed by atoms with E-state index in [1.54, 1.807) is 6.07 Å². The van der Waals surface area contributed by atoms with Crippen LogP contribution in [0, 0.1) is 5.82 Å². The molecule has 1 aromatic heterocycles. The fourth-order valence-corrected chi connectivity index (χ4v) is 3.39. The van der Waals surface area contributed by atoms with Crippen molar-refractivity contribution >= 4 is 11.8 Å². The molecule has 0 fully saturated rings. The molecule has 0 amide bonds. The second-order valence-corrected chi connectivity index (χ2v) is 6.45. The molecule has 4 nitrogen and oxygen atoms in total. The molecule has 0 bridgehead atoms. The van der Waals surface area contributed by atoms with Gasteiger partial charge in [-0.25, -0.2) is 4.39 Å². The molecular formula is C15H19FN4S. The monoisotopic (exact) mass is 306 g/mol. The Bertz CT molecular complexity index is 639. The van der Waals surface area contributed by atoms with Gasteiger partial charge in [0, 0.05) is 19.0 Å². The molecule has 21 heavy (non-hydrogen) atoms. The van der Waals surface area contributed by atoms with E-state index in [0.717, 1.165) is 42.4 Å². The number of benzene rings is 1. The van der Waals surface area contributed by atoms with Crippen LogP contribution in [0.5, 0.6) is 0 Å². The van der Waals surface area contributed by atoms with Gasteiger partial charge in [-0.2, -0.15) is 0 Å². The highest BCUT2D eigenvalue weighted by atomic mass is 32.2. The van der Waals surface area contributed by atoms with Gasteiger partial charge < -0.3 is 10.3 Å². The third kappa shape index (κ3) is 3.11. The van der Waals surface area contributed by atoms with E-state index >= 15 is 0 Å². The lowest BCUT2D eigenvalue weighted by Gasteiger charge is -2.09. The number of nitrogens with two attached hydrogens (primary N) is 1. The fourth-order valence-electron chi connectivity index (χ4n) is 2.52. The molecule has 0 radical (unpaired) electrons. The maximum Gasteiger partial charge on any atom is 0.196 e. The van der Waals surface area contributed by atoms with Crippen molar-refractivity contribution in [2.75, 3.05) is 0 Å². The molecule has 0 saturated heterocycles. The van der Waals surface area contributed by atoms with E-state index in [2.05, 4.69) is 14.8 Å². The Morgan fingerprint density at radius 3 is 2.90 bits per heavy atom. The largest absolute Gasteiger partial charge is 0.324 e. The normalized spacial score (nSPS) is 16.3. The van der Waals surface area contributed by atoms with E-state index in [1.165, 1.54) is 24.2 Å². The van der Waals surface area contributed by atoms with Crippen LogP contribution in [0.15, 0.2) is 28.3 Å². The van der Waals surface area contributed by atoms with E-state index in [4.69, 9.17) is 5.73 Å². The van der Waals surface area contributed by atoms with Crippen molar-refractivity contribution in [3.8, 4) is 0 Å². The van der Waals surface area contributed by atoms with Gasteiger partial charge in [0.25, 0.3) is 0 Å². The molecule has 6 heteroatoms. The van der Waals surface area contributed by atoms with Crippen LogP contribution in [-0.4, -0.2) is 14.8 Å². The first kappa shape index (κ1) is 14.5. The van der Waals surface area contributed by atoms with Crippen LogP contribution in [0.2, 0.25) is 0 Å². The third-order valence-corrected chi connectivity index (χ3v) is 4.79. The highest BCUT2D eigenvalue weighted by Crippen LogP contribution is 2.31. The zero-order chi connectivity index (χ0) is 14.8. The number of fused-ring (bicyclic) bond motifs is 1. The SMILES string of the molecule is CC(N)c1ccc(Sc2nnc3n2CCCCC3)c(F)c1. The minimum absolute atomic E-state index is 0.164. The third-order valence-electron chi connectivity index (χ3n) is 3.76. The molecule has 1 aromatic carbocycles.